The molecule has 3 aromatic rings. The quantitative estimate of drug-likeness (QED) is 0.459. The van der Waals surface area contributed by atoms with Crippen molar-refractivity contribution in [1.29, 1.82) is 0 Å². The molecule has 0 spiro atoms. The van der Waals surface area contributed by atoms with Crippen molar-refractivity contribution >= 4 is 21.2 Å². The fraction of sp³-hybridized carbons (Fsp3) is 0.318. The highest BCUT2D eigenvalue weighted by Crippen LogP contribution is 2.26. The maximum atomic E-state index is 14.0. The molecule has 3 rings (SSSR count). The predicted molar refractivity (Wildman–Crippen MR) is 117 cm³/mol. The van der Waals surface area contributed by atoms with Gasteiger partial charge in [-0.3, -0.25) is 4.55 Å². The van der Waals surface area contributed by atoms with Crippen LogP contribution in [0.3, 0.4) is 0 Å². The summed E-state index contributed by atoms with van der Waals surface area (Å²) in [5, 5.41) is 0. The van der Waals surface area contributed by atoms with Crippen molar-refractivity contribution < 1.29 is 30.9 Å². The Hall–Kier alpha value is -2.82. The molecule has 0 aliphatic carbocycles. The second-order valence-corrected chi connectivity index (χ2v) is 8.43. The van der Waals surface area contributed by atoms with E-state index >= 15 is 0 Å². The van der Waals surface area contributed by atoms with Gasteiger partial charge >= 0.3 is 0 Å². The minimum atomic E-state index is -4.02. The minimum absolute atomic E-state index is 0.0330. The first-order valence-corrected chi connectivity index (χ1v) is 11.4. The van der Waals surface area contributed by atoms with Gasteiger partial charge in [-0.1, -0.05) is 31.0 Å². The van der Waals surface area contributed by atoms with E-state index in [0.717, 1.165) is 18.4 Å². The van der Waals surface area contributed by atoms with E-state index in [1.807, 2.05) is 6.92 Å². The third-order valence-corrected chi connectivity index (χ3v) is 5.24. The molecule has 0 amide bonds. The summed E-state index contributed by atoms with van der Waals surface area (Å²) in [4.78, 5) is 4.06. The van der Waals surface area contributed by atoms with Crippen LogP contribution in [0.4, 0.5) is 8.78 Å². The first-order chi connectivity index (χ1) is 15.2. The molecule has 0 fully saturated rings. The first-order valence-electron chi connectivity index (χ1n) is 9.92. The smallest absolute Gasteiger partial charge is 0.294 e. The van der Waals surface area contributed by atoms with Crippen LogP contribution in [0.15, 0.2) is 57.6 Å². The van der Waals surface area contributed by atoms with Crippen molar-refractivity contribution in [2.24, 2.45) is 5.73 Å². The highest BCUT2D eigenvalue weighted by Gasteiger charge is 2.13. The number of benzene rings is 2. The lowest BCUT2D eigenvalue weighted by Gasteiger charge is -2.06. The Morgan fingerprint density at radius 3 is 2.53 bits per heavy atom. The molecule has 0 atom stereocenters. The Balaban J connectivity index is 0.000000278. The van der Waals surface area contributed by atoms with Crippen LogP contribution in [0.5, 0.6) is 5.75 Å². The van der Waals surface area contributed by atoms with Gasteiger partial charge in [0.25, 0.3) is 10.1 Å². The van der Waals surface area contributed by atoms with Crippen LogP contribution >= 0.6 is 0 Å². The molecule has 2 aromatic carbocycles. The topological polar surface area (TPSA) is 116 Å². The average molecular weight is 469 g/mol. The summed E-state index contributed by atoms with van der Waals surface area (Å²) in [6.45, 7) is 3.91. The van der Waals surface area contributed by atoms with Crippen LogP contribution < -0.4 is 10.5 Å². The Morgan fingerprint density at radius 1 is 1.28 bits per heavy atom. The van der Waals surface area contributed by atoms with Crippen molar-refractivity contribution in [2.75, 3.05) is 13.2 Å². The number of hydrogen-bond acceptors (Lipinski definition) is 6. The number of nitrogens with two attached hydrogens (primary N) is 1. The number of nitrogens with zero attached hydrogens (tertiary/aromatic N) is 1. The van der Waals surface area contributed by atoms with Crippen LogP contribution in [0.25, 0.3) is 11.1 Å². The average Bonchev–Trinajstić information content (AvgIpc) is 3.17. The highest BCUT2D eigenvalue weighted by atomic mass is 32.2. The predicted octanol–water partition coefficient (Wildman–Crippen LogP) is 4.74. The van der Waals surface area contributed by atoms with Gasteiger partial charge in [-0.2, -0.15) is 8.42 Å². The SMILES string of the molecule is CCCCc1nc2c(F)cc(OC/C(=C/F)CN)cc2o1.Cc1ccc(S(=O)(=O)O)cc1. The standard InChI is InChI=1S/C15H18F2N2O2.C7H8O3S/c1-2-3-4-14-19-15-12(17)5-11(6-13(15)21-14)20-9-10(7-16)8-18;1-6-2-4-7(5-3-6)11(8,9)10/h5-7H,2-4,8-9,18H2,1H3;2-5H,1H3,(H,8,9,10)/b10-7+;. The van der Waals surface area contributed by atoms with E-state index in [4.69, 9.17) is 19.4 Å². The molecule has 0 bridgehead atoms. The minimum Gasteiger partial charge on any atom is -0.489 e. The normalized spacial score (nSPS) is 11.9. The number of ether oxygens (including phenoxy) is 1. The van der Waals surface area contributed by atoms with Crippen LogP contribution in [0, 0.1) is 12.7 Å². The van der Waals surface area contributed by atoms with Gasteiger partial charge in [-0.15, -0.1) is 0 Å². The molecule has 0 unspecified atom stereocenters. The van der Waals surface area contributed by atoms with E-state index < -0.39 is 15.9 Å². The van der Waals surface area contributed by atoms with Crippen LogP contribution in [0.1, 0.15) is 31.2 Å². The largest absolute Gasteiger partial charge is 0.489 e. The van der Waals surface area contributed by atoms with E-state index in [-0.39, 0.29) is 34.9 Å². The molecule has 0 radical (unpaired) electrons. The van der Waals surface area contributed by atoms with E-state index in [2.05, 4.69) is 11.9 Å². The summed E-state index contributed by atoms with van der Waals surface area (Å²) < 4.78 is 66.7. The van der Waals surface area contributed by atoms with E-state index in [9.17, 15) is 17.2 Å². The van der Waals surface area contributed by atoms with Crippen molar-refractivity contribution in [3.05, 3.63) is 65.6 Å². The number of aromatic nitrogens is 1. The third-order valence-electron chi connectivity index (χ3n) is 4.37. The molecule has 174 valence electrons. The van der Waals surface area contributed by atoms with Crippen molar-refractivity contribution in [3.8, 4) is 5.75 Å². The third kappa shape index (κ3) is 7.40. The molecule has 0 aliphatic rings. The summed E-state index contributed by atoms with van der Waals surface area (Å²) in [5.41, 5.74) is 7.09. The van der Waals surface area contributed by atoms with E-state index in [1.165, 1.54) is 18.2 Å². The Bertz CT molecular complexity index is 1160. The summed E-state index contributed by atoms with van der Waals surface area (Å²) >= 11 is 0. The van der Waals surface area contributed by atoms with Gasteiger partial charge in [0.15, 0.2) is 17.3 Å². The Kier molecular flexibility index (Phi) is 9.30. The van der Waals surface area contributed by atoms with Crippen molar-refractivity contribution in [1.82, 2.24) is 4.98 Å². The fourth-order valence-electron chi connectivity index (χ4n) is 2.55. The molecule has 1 aromatic heterocycles. The number of aryl methyl sites for hydroxylation is 2. The number of halogens is 2. The number of unbranched alkanes of at least 4 members (excludes halogenated alkanes) is 1. The summed E-state index contributed by atoms with van der Waals surface area (Å²) in [6.07, 6.45) is 3.00. The molecule has 7 nitrogen and oxygen atoms in total. The molecule has 0 saturated carbocycles. The molecular formula is C22H26F2N2O5S. The number of rotatable bonds is 8. The molecule has 1 heterocycles. The number of fused-ring (bicyclic) bond motifs is 1. The van der Waals surface area contributed by atoms with Gasteiger partial charge in [-0.05, 0) is 25.5 Å². The maximum Gasteiger partial charge on any atom is 0.294 e. The Morgan fingerprint density at radius 2 is 1.97 bits per heavy atom. The molecular weight excluding hydrogens is 442 g/mol. The van der Waals surface area contributed by atoms with Crippen molar-refractivity contribution in [2.45, 2.75) is 38.0 Å². The Labute approximate surface area is 185 Å². The highest BCUT2D eigenvalue weighted by molar-refractivity contribution is 7.85. The number of oxazole rings is 1. The number of hydrogen-bond donors (Lipinski definition) is 2. The lowest BCUT2D eigenvalue weighted by Crippen LogP contribution is -2.10. The lowest BCUT2D eigenvalue weighted by atomic mass is 10.2. The zero-order chi connectivity index (χ0) is 23.7. The molecule has 0 aliphatic heterocycles. The van der Waals surface area contributed by atoms with Crippen molar-refractivity contribution in [3.63, 3.8) is 0 Å². The second-order valence-electron chi connectivity index (χ2n) is 7.01. The lowest BCUT2D eigenvalue weighted by molar-refractivity contribution is 0.345. The van der Waals surface area contributed by atoms with E-state index in [1.54, 1.807) is 18.2 Å². The van der Waals surface area contributed by atoms with Crippen LogP contribution in [0.2, 0.25) is 0 Å². The second kappa shape index (κ2) is 11.7. The van der Waals surface area contributed by atoms with Gasteiger partial charge in [0.1, 0.15) is 17.9 Å². The van der Waals surface area contributed by atoms with Gasteiger partial charge in [0.2, 0.25) is 0 Å². The van der Waals surface area contributed by atoms with Crippen LogP contribution in [-0.2, 0) is 16.5 Å². The zero-order valence-electron chi connectivity index (χ0n) is 17.8. The van der Waals surface area contributed by atoms with E-state index in [0.29, 0.717) is 24.2 Å². The summed E-state index contributed by atoms with van der Waals surface area (Å²) in [6, 6.07) is 8.75. The summed E-state index contributed by atoms with van der Waals surface area (Å²) in [7, 11) is -4.02. The monoisotopic (exact) mass is 468 g/mol. The summed E-state index contributed by atoms with van der Waals surface area (Å²) in [5.74, 6) is 0.243. The van der Waals surface area contributed by atoms with Gasteiger partial charge in [-0.25, -0.2) is 13.8 Å². The molecule has 0 saturated heterocycles. The van der Waals surface area contributed by atoms with Crippen LogP contribution in [-0.4, -0.2) is 31.1 Å². The maximum absolute atomic E-state index is 14.0. The molecule has 10 heteroatoms. The molecule has 3 N–H and O–H groups in total. The first kappa shape index (κ1) is 25.4. The zero-order valence-corrected chi connectivity index (χ0v) is 18.7. The van der Waals surface area contributed by atoms with Gasteiger partial charge < -0.3 is 14.9 Å². The molecule has 32 heavy (non-hydrogen) atoms. The van der Waals surface area contributed by atoms with Gasteiger partial charge in [0, 0.05) is 30.7 Å². The van der Waals surface area contributed by atoms with Gasteiger partial charge in [0.05, 0.1) is 11.2 Å². The fourth-order valence-corrected chi connectivity index (χ4v) is 3.03.